The van der Waals surface area contributed by atoms with E-state index >= 15 is 0 Å². The molecule has 0 aromatic heterocycles. The van der Waals surface area contributed by atoms with E-state index in [-0.39, 0.29) is 0 Å². The largest absolute Gasteiger partial charge is 0.339 e. The van der Waals surface area contributed by atoms with Crippen LogP contribution in [0.3, 0.4) is 0 Å². The summed E-state index contributed by atoms with van der Waals surface area (Å²) in [6, 6.07) is 0.516. The molecule has 0 unspecified atom stereocenters. The van der Waals surface area contributed by atoms with Crippen LogP contribution in [0.5, 0.6) is 0 Å². The van der Waals surface area contributed by atoms with Crippen LogP contribution in [-0.4, -0.2) is 29.9 Å². The van der Waals surface area contributed by atoms with Gasteiger partial charge < -0.3 is 4.90 Å². The van der Waals surface area contributed by atoms with Crippen LogP contribution in [0, 0.1) is 5.92 Å². The maximum absolute atomic E-state index is 11.7. The number of carbonyl (C=O) groups is 1. The first-order valence-corrected chi connectivity index (χ1v) is 5.64. The van der Waals surface area contributed by atoms with Crippen LogP contribution in [0.4, 0.5) is 0 Å². The van der Waals surface area contributed by atoms with E-state index in [1.54, 1.807) is 0 Å². The number of amides is 1. The summed E-state index contributed by atoms with van der Waals surface area (Å²) in [4.78, 5) is 16.5. The number of nitrogens with zero attached hydrogens (tertiary/aromatic N) is 4. The fourth-order valence-electron chi connectivity index (χ4n) is 2.68. The van der Waals surface area contributed by atoms with Gasteiger partial charge in [-0.1, -0.05) is 5.11 Å². The third-order valence-corrected chi connectivity index (χ3v) is 3.45. The second-order valence-corrected chi connectivity index (χ2v) is 4.36. The number of rotatable bonds is 5. The molecule has 5 heteroatoms. The van der Waals surface area contributed by atoms with Crippen molar-refractivity contribution < 1.29 is 4.79 Å². The third kappa shape index (κ3) is 2.07. The molecule has 2 fully saturated rings. The van der Waals surface area contributed by atoms with E-state index in [1.165, 1.54) is 6.42 Å². The Bertz CT molecular complexity index is 298. The monoisotopic (exact) mass is 208 g/mol. The van der Waals surface area contributed by atoms with E-state index in [2.05, 4.69) is 10.0 Å². The first-order chi connectivity index (χ1) is 7.33. The Hall–Kier alpha value is -1.22. The zero-order chi connectivity index (χ0) is 10.7. The lowest BCUT2D eigenvalue weighted by Gasteiger charge is -2.26. The third-order valence-electron chi connectivity index (χ3n) is 3.45. The Kier molecular flexibility index (Phi) is 3.11. The summed E-state index contributed by atoms with van der Waals surface area (Å²) >= 11 is 0. The van der Waals surface area contributed by atoms with Gasteiger partial charge in [0.15, 0.2) is 0 Å². The Morgan fingerprint density at radius 1 is 1.47 bits per heavy atom. The van der Waals surface area contributed by atoms with Crippen molar-refractivity contribution in [2.75, 3.05) is 13.1 Å². The minimum absolute atomic E-state index is 0.326. The average Bonchev–Trinajstić information content (AvgIpc) is 2.80. The number of unbranched alkanes of at least 4 members (excludes halogenated alkanes) is 1. The summed E-state index contributed by atoms with van der Waals surface area (Å²) in [6.45, 7) is 1.40. The van der Waals surface area contributed by atoms with Gasteiger partial charge in [-0.15, -0.1) is 0 Å². The molecule has 2 bridgehead atoms. The SMILES string of the molecule is [N-]=[N+]=NCCCCN1C(=O)[C@@H]2CC[C@H]1C2. The zero-order valence-corrected chi connectivity index (χ0v) is 8.80. The van der Waals surface area contributed by atoms with Crippen LogP contribution in [0.15, 0.2) is 5.11 Å². The average molecular weight is 208 g/mol. The molecule has 2 atom stereocenters. The summed E-state index contributed by atoms with van der Waals surface area (Å²) < 4.78 is 0. The smallest absolute Gasteiger partial charge is 0.226 e. The second kappa shape index (κ2) is 4.53. The highest BCUT2D eigenvalue weighted by molar-refractivity contribution is 5.82. The number of fused-ring (bicyclic) bond motifs is 2. The van der Waals surface area contributed by atoms with Crippen molar-refractivity contribution in [3.63, 3.8) is 0 Å². The van der Waals surface area contributed by atoms with Gasteiger partial charge in [-0.25, -0.2) is 0 Å². The van der Waals surface area contributed by atoms with Crippen LogP contribution < -0.4 is 0 Å². The molecule has 15 heavy (non-hydrogen) atoms. The molecular weight excluding hydrogens is 192 g/mol. The molecule has 1 saturated carbocycles. The van der Waals surface area contributed by atoms with Crippen LogP contribution >= 0.6 is 0 Å². The number of carbonyl (C=O) groups excluding carboxylic acids is 1. The standard InChI is InChI=1S/C10H16N4O/c11-13-12-5-1-2-6-14-9-4-3-8(7-9)10(14)15/h8-9H,1-7H2/t8-,9+/m1/s1. The van der Waals surface area contributed by atoms with Crippen molar-refractivity contribution >= 4 is 5.91 Å². The Labute approximate surface area is 89.1 Å². The van der Waals surface area contributed by atoms with E-state index in [0.717, 1.165) is 32.2 Å². The lowest BCUT2D eigenvalue weighted by molar-refractivity contribution is -0.134. The normalized spacial score (nSPS) is 28.3. The first-order valence-electron chi connectivity index (χ1n) is 5.64. The lowest BCUT2D eigenvalue weighted by atomic mass is 10.1. The summed E-state index contributed by atoms with van der Waals surface area (Å²) in [5, 5.41) is 3.48. The molecule has 0 radical (unpaired) electrons. The van der Waals surface area contributed by atoms with Gasteiger partial charge in [-0.05, 0) is 37.6 Å². The first kappa shape index (κ1) is 10.3. The van der Waals surface area contributed by atoms with E-state index < -0.39 is 0 Å². The van der Waals surface area contributed by atoms with Gasteiger partial charge in [-0.3, -0.25) is 4.79 Å². The van der Waals surface area contributed by atoms with Gasteiger partial charge >= 0.3 is 0 Å². The van der Waals surface area contributed by atoms with Gasteiger partial charge in [0.25, 0.3) is 0 Å². The van der Waals surface area contributed by atoms with E-state index in [9.17, 15) is 4.79 Å². The maximum atomic E-state index is 11.7. The molecule has 0 spiro atoms. The van der Waals surface area contributed by atoms with Crippen molar-refractivity contribution in [1.29, 1.82) is 0 Å². The van der Waals surface area contributed by atoms with Gasteiger partial charge in [0, 0.05) is 30.0 Å². The van der Waals surface area contributed by atoms with Gasteiger partial charge in [0.1, 0.15) is 0 Å². The second-order valence-electron chi connectivity index (χ2n) is 4.36. The quantitative estimate of drug-likeness (QED) is 0.295. The summed E-state index contributed by atoms with van der Waals surface area (Å²) in [7, 11) is 0. The fraction of sp³-hybridized carbons (Fsp3) is 0.900. The number of azide groups is 1. The number of hydrogen-bond acceptors (Lipinski definition) is 2. The van der Waals surface area contributed by atoms with Gasteiger partial charge in [0.05, 0.1) is 0 Å². The van der Waals surface area contributed by atoms with Crippen molar-refractivity contribution in [2.45, 2.75) is 38.1 Å². The predicted molar refractivity (Wildman–Crippen MR) is 56.1 cm³/mol. The number of piperidine rings is 1. The summed E-state index contributed by atoms with van der Waals surface area (Å²) in [5.41, 5.74) is 8.10. The van der Waals surface area contributed by atoms with Crippen molar-refractivity contribution in [2.24, 2.45) is 11.0 Å². The Morgan fingerprint density at radius 2 is 2.33 bits per heavy atom. The maximum Gasteiger partial charge on any atom is 0.226 e. The molecule has 0 aromatic rings. The van der Waals surface area contributed by atoms with Crippen molar-refractivity contribution in [3.8, 4) is 0 Å². The molecule has 2 rings (SSSR count). The van der Waals surface area contributed by atoms with Crippen LogP contribution in [0.1, 0.15) is 32.1 Å². The molecule has 1 aliphatic carbocycles. The summed E-state index contributed by atoms with van der Waals surface area (Å²) in [5.74, 6) is 0.683. The highest BCUT2D eigenvalue weighted by atomic mass is 16.2. The molecule has 2 aliphatic rings. The highest BCUT2D eigenvalue weighted by Gasteiger charge is 2.43. The minimum atomic E-state index is 0.326. The lowest BCUT2D eigenvalue weighted by Crippen LogP contribution is -2.37. The number of hydrogen-bond donors (Lipinski definition) is 0. The van der Waals surface area contributed by atoms with Crippen LogP contribution in [0.2, 0.25) is 0 Å². The fourth-order valence-corrected chi connectivity index (χ4v) is 2.68. The molecule has 1 saturated heterocycles. The molecular formula is C10H16N4O. The van der Waals surface area contributed by atoms with Gasteiger partial charge in [0.2, 0.25) is 5.91 Å². The van der Waals surface area contributed by atoms with Crippen molar-refractivity contribution in [3.05, 3.63) is 10.4 Å². The minimum Gasteiger partial charge on any atom is -0.339 e. The van der Waals surface area contributed by atoms with E-state index in [4.69, 9.17) is 5.53 Å². The Balaban J connectivity index is 1.71. The molecule has 1 amide bonds. The molecule has 82 valence electrons. The molecule has 0 N–H and O–H groups in total. The van der Waals surface area contributed by atoms with Crippen LogP contribution in [-0.2, 0) is 4.79 Å². The number of likely N-dealkylation sites (tertiary alicyclic amines) is 1. The molecule has 1 aliphatic heterocycles. The zero-order valence-electron chi connectivity index (χ0n) is 8.80. The van der Waals surface area contributed by atoms with Gasteiger partial charge in [-0.2, -0.15) is 0 Å². The van der Waals surface area contributed by atoms with E-state index in [0.29, 0.717) is 24.4 Å². The molecule has 5 nitrogen and oxygen atoms in total. The van der Waals surface area contributed by atoms with Crippen LogP contribution in [0.25, 0.3) is 10.4 Å². The summed E-state index contributed by atoms with van der Waals surface area (Å²) in [6.07, 6.45) is 5.19. The molecule has 1 heterocycles. The highest BCUT2D eigenvalue weighted by Crippen LogP contribution is 2.38. The Morgan fingerprint density at radius 3 is 3.00 bits per heavy atom. The molecule has 0 aromatic carbocycles. The van der Waals surface area contributed by atoms with E-state index in [1.807, 2.05) is 4.90 Å². The van der Waals surface area contributed by atoms with Crippen molar-refractivity contribution in [1.82, 2.24) is 4.90 Å². The predicted octanol–water partition coefficient (Wildman–Crippen LogP) is 2.09. The topological polar surface area (TPSA) is 69.1 Å².